The number of benzene rings is 2. The van der Waals surface area contributed by atoms with E-state index in [1.807, 2.05) is 6.07 Å². The molecule has 0 spiro atoms. The van der Waals surface area contributed by atoms with Gasteiger partial charge in [0.15, 0.2) is 0 Å². The van der Waals surface area contributed by atoms with Gasteiger partial charge < -0.3 is 25.4 Å². The van der Waals surface area contributed by atoms with Crippen molar-refractivity contribution in [3.63, 3.8) is 0 Å². The highest BCUT2D eigenvalue weighted by atomic mass is 16.5. The zero-order valence-corrected chi connectivity index (χ0v) is 17.5. The zero-order valence-electron chi connectivity index (χ0n) is 17.5. The van der Waals surface area contributed by atoms with Crippen molar-refractivity contribution >= 4 is 0 Å². The predicted molar refractivity (Wildman–Crippen MR) is 119 cm³/mol. The molecule has 2 aromatic rings. The fourth-order valence-electron chi connectivity index (χ4n) is 3.04. The fraction of sp³-hybridized carbons (Fsp3) is 0.440. The highest BCUT2D eigenvalue weighted by Gasteiger charge is 2.09. The lowest BCUT2D eigenvalue weighted by atomic mass is 10.1. The second-order valence-corrected chi connectivity index (χ2v) is 7.22. The quantitative estimate of drug-likeness (QED) is 0.300. The van der Waals surface area contributed by atoms with Crippen molar-refractivity contribution in [3.05, 3.63) is 65.2 Å². The Morgan fingerprint density at radius 1 is 1.00 bits per heavy atom. The summed E-state index contributed by atoms with van der Waals surface area (Å²) in [6.07, 6.45) is 4.26. The number of nitrogens with one attached hydrogen (secondary N) is 1. The maximum absolute atomic E-state index is 10.2. The van der Waals surface area contributed by atoms with Crippen LogP contribution in [-0.4, -0.2) is 41.6 Å². The van der Waals surface area contributed by atoms with Gasteiger partial charge in [0.05, 0.1) is 12.7 Å². The van der Waals surface area contributed by atoms with Gasteiger partial charge in [-0.25, -0.2) is 0 Å². The minimum atomic E-state index is -0.683. The highest BCUT2D eigenvalue weighted by molar-refractivity contribution is 5.36. The Kier molecular flexibility index (Phi) is 11.6. The monoisotopic (exact) mass is 411 g/mol. The number of aromatic hydroxyl groups is 1. The van der Waals surface area contributed by atoms with Crippen LogP contribution in [0.25, 0.3) is 0 Å². The molecule has 0 fully saturated rings. The molecule has 0 aliphatic carbocycles. The molecule has 5 heteroatoms. The molecule has 0 saturated heterocycles. The maximum Gasteiger partial charge on any atom is 0.121 e. The molecular weight excluding hydrogens is 378 g/mol. The van der Waals surface area contributed by atoms with E-state index in [0.717, 1.165) is 45.3 Å². The molecule has 0 aliphatic rings. The first-order chi connectivity index (χ1) is 14.7. The van der Waals surface area contributed by atoms with Crippen molar-refractivity contribution in [1.29, 1.82) is 0 Å². The summed E-state index contributed by atoms with van der Waals surface area (Å²) in [6, 6.07) is 15.3. The molecule has 2 rings (SSSR count). The normalized spacial score (nSPS) is 11.7. The molecule has 30 heavy (non-hydrogen) atoms. The maximum atomic E-state index is 10.2. The average Bonchev–Trinajstić information content (AvgIpc) is 2.77. The Morgan fingerprint density at radius 2 is 1.83 bits per heavy atom. The third-order valence-electron chi connectivity index (χ3n) is 4.80. The Morgan fingerprint density at radius 3 is 2.63 bits per heavy atom. The van der Waals surface area contributed by atoms with E-state index in [4.69, 9.17) is 4.74 Å². The number of hydrogen-bond donors (Lipinski definition) is 4. The second-order valence-electron chi connectivity index (χ2n) is 7.22. The van der Waals surface area contributed by atoms with Gasteiger partial charge in [-0.3, -0.25) is 0 Å². The summed E-state index contributed by atoms with van der Waals surface area (Å²) >= 11 is 0. The first-order valence-electron chi connectivity index (χ1n) is 10.6. The van der Waals surface area contributed by atoms with Gasteiger partial charge in [-0.1, -0.05) is 42.3 Å². The summed E-state index contributed by atoms with van der Waals surface area (Å²) in [7, 11) is 0. The van der Waals surface area contributed by atoms with Crippen LogP contribution in [0.3, 0.4) is 0 Å². The number of aliphatic hydroxyl groups excluding tert-OH is 2. The molecule has 0 saturated carbocycles. The Balaban J connectivity index is 1.45. The predicted octanol–water partition coefficient (Wildman–Crippen LogP) is 3.33. The average molecular weight is 412 g/mol. The summed E-state index contributed by atoms with van der Waals surface area (Å²) in [5.74, 6) is 6.19. The number of aryl methyl sites for hydroxylation is 1. The Bertz CT molecular complexity index is 783. The van der Waals surface area contributed by atoms with Crippen LogP contribution < -0.4 is 5.32 Å². The molecule has 0 aromatic heterocycles. The van der Waals surface area contributed by atoms with Crippen LogP contribution in [0.1, 0.15) is 48.5 Å². The minimum Gasteiger partial charge on any atom is -0.508 e. The topological polar surface area (TPSA) is 82.0 Å². The van der Waals surface area contributed by atoms with Gasteiger partial charge in [0.25, 0.3) is 0 Å². The van der Waals surface area contributed by atoms with Crippen molar-refractivity contribution in [1.82, 2.24) is 5.32 Å². The number of aliphatic hydroxyl groups is 2. The lowest BCUT2D eigenvalue weighted by Crippen LogP contribution is -2.22. The SMILES string of the molecule is OCc1cc(C(O)CNCCCC#CCOCCCCc2ccccc2)ccc1O. The van der Waals surface area contributed by atoms with E-state index in [9.17, 15) is 15.3 Å². The first kappa shape index (κ1) is 23.9. The van der Waals surface area contributed by atoms with Crippen molar-refractivity contribution in [3.8, 4) is 17.6 Å². The summed E-state index contributed by atoms with van der Waals surface area (Å²) < 4.78 is 5.55. The fourth-order valence-corrected chi connectivity index (χ4v) is 3.04. The van der Waals surface area contributed by atoms with E-state index in [-0.39, 0.29) is 12.4 Å². The van der Waals surface area contributed by atoms with Crippen molar-refractivity contribution in [2.75, 3.05) is 26.3 Å². The van der Waals surface area contributed by atoms with E-state index < -0.39 is 6.10 Å². The number of hydrogen-bond acceptors (Lipinski definition) is 5. The molecule has 162 valence electrons. The molecule has 1 atom stereocenters. The number of rotatable bonds is 13. The Labute approximate surface area is 179 Å². The van der Waals surface area contributed by atoms with Crippen LogP contribution in [0, 0.1) is 11.8 Å². The molecule has 0 bridgehead atoms. The standard InChI is InChI=1S/C25H33NO4/c27-20-23-18-22(13-14-24(23)28)25(29)19-26-15-7-1-2-8-16-30-17-9-6-12-21-10-4-3-5-11-21/h3-5,10-11,13-14,18,25-29H,1,6-7,9,12,15-17,19-20H2. The second kappa shape index (κ2) is 14.6. The van der Waals surface area contributed by atoms with Crippen LogP contribution in [-0.2, 0) is 17.8 Å². The van der Waals surface area contributed by atoms with Gasteiger partial charge in [0.2, 0.25) is 0 Å². The molecule has 2 aromatic carbocycles. The van der Waals surface area contributed by atoms with Crippen molar-refractivity contribution < 1.29 is 20.1 Å². The van der Waals surface area contributed by atoms with Gasteiger partial charge >= 0.3 is 0 Å². The molecule has 1 unspecified atom stereocenters. The molecule has 4 N–H and O–H groups in total. The van der Waals surface area contributed by atoms with Gasteiger partial charge in [0.1, 0.15) is 12.4 Å². The minimum absolute atomic E-state index is 0.0381. The molecule has 5 nitrogen and oxygen atoms in total. The van der Waals surface area contributed by atoms with E-state index in [1.165, 1.54) is 11.6 Å². The van der Waals surface area contributed by atoms with Crippen molar-refractivity contribution in [2.45, 2.75) is 44.8 Å². The van der Waals surface area contributed by atoms with Gasteiger partial charge in [-0.05, 0) is 55.5 Å². The number of phenols is 1. The summed E-state index contributed by atoms with van der Waals surface area (Å²) in [5.41, 5.74) is 2.46. The van der Waals surface area contributed by atoms with E-state index >= 15 is 0 Å². The van der Waals surface area contributed by atoms with Crippen molar-refractivity contribution in [2.24, 2.45) is 0 Å². The summed E-state index contributed by atoms with van der Waals surface area (Å²) in [6.45, 7) is 2.14. The molecular formula is C25H33NO4. The third kappa shape index (κ3) is 9.43. The largest absolute Gasteiger partial charge is 0.508 e. The number of unbranched alkanes of at least 4 members (excludes halogenated alkanes) is 2. The van der Waals surface area contributed by atoms with Gasteiger partial charge in [0, 0.05) is 25.1 Å². The molecule has 0 amide bonds. The van der Waals surface area contributed by atoms with Crippen LogP contribution >= 0.6 is 0 Å². The smallest absolute Gasteiger partial charge is 0.121 e. The lowest BCUT2D eigenvalue weighted by molar-refractivity contribution is 0.162. The number of ether oxygens (including phenoxy) is 1. The Hall–Kier alpha value is -2.36. The van der Waals surface area contributed by atoms with Crippen LogP contribution in [0.4, 0.5) is 0 Å². The molecule has 0 radical (unpaired) electrons. The first-order valence-corrected chi connectivity index (χ1v) is 10.6. The van der Waals surface area contributed by atoms with Gasteiger partial charge in [-0.2, -0.15) is 0 Å². The van der Waals surface area contributed by atoms with E-state index in [1.54, 1.807) is 12.1 Å². The van der Waals surface area contributed by atoms with Crippen LogP contribution in [0.15, 0.2) is 48.5 Å². The summed E-state index contributed by atoms with van der Waals surface area (Å²) in [4.78, 5) is 0. The summed E-state index contributed by atoms with van der Waals surface area (Å²) in [5, 5.41) is 32.1. The highest BCUT2D eigenvalue weighted by Crippen LogP contribution is 2.22. The molecule has 0 heterocycles. The molecule has 0 aliphatic heterocycles. The lowest BCUT2D eigenvalue weighted by Gasteiger charge is -2.13. The van der Waals surface area contributed by atoms with Gasteiger partial charge in [-0.15, -0.1) is 5.92 Å². The van der Waals surface area contributed by atoms with E-state index in [2.05, 4.69) is 41.4 Å². The van der Waals surface area contributed by atoms with Crippen LogP contribution in [0.2, 0.25) is 0 Å². The van der Waals surface area contributed by atoms with Crippen LogP contribution in [0.5, 0.6) is 5.75 Å². The zero-order chi connectivity index (χ0) is 21.4. The third-order valence-corrected chi connectivity index (χ3v) is 4.80. The van der Waals surface area contributed by atoms with E-state index in [0.29, 0.717) is 24.3 Å².